The van der Waals surface area contributed by atoms with Crippen molar-refractivity contribution in [3.8, 4) is 28.6 Å². The number of ether oxygens (including phenoxy) is 3. The van der Waals surface area contributed by atoms with Gasteiger partial charge in [-0.3, -0.25) is 4.79 Å². The Bertz CT molecular complexity index is 1490. The van der Waals surface area contributed by atoms with E-state index in [9.17, 15) is 4.79 Å². The molecule has 0 saturated heterocycles. The first kappa shape index (κ1) is 25.8. The summed E-state index contributed by atoms with van der Waals surface area (Å²) in [5.74, 6) is 1.77. The number of nitrogens with zero attached hydrogens (tertiary/aromatic N) is 2. The highest BCUT2D eigenvalue weighted by Gasteiger charge is 2.20. The molecule has 8 nitrogen and oxygen atoms in total. The molecular formula is C28H27ClN4O4. The number of halogens is 1. The SMILES string of the molecule is C=CC(=O)Nc1cccc(C)c1Nc1cc2c(OC)nc(-c3c(C)c(OC)cc(OC)c3Cl)cc2cn1. The number of carbonyl (C=O) groups is 1. The highest BCUT2D eigenvalue weighted by Crippen LogP contribution is 2.43. The van der Waals surface area contributed by atoms with Gasteiger partial charge in [-0.05, 0) is 43.7 Å². The molecule has 0 fully saturated rings. The smallest absolute Gasteiger partial charge is 0.247 e. The minimum atomic E-state index is -0.304. The number of benzene rings is 2. The van der Waals surface area contributed by atoms with E-state index in [4.69, 9.17) is 30.8 Å². The third-order valence-electron chi connectivity index (χ3n) is 5.98. The molecule has 0 saturated carbocycles. The van der Waals surface area contributed by atoms with Crippen molar-refractivity contribution >= 4 is 45.5 Å². The molecule has 37 heavy (non-hydrogen) atoms. The van der Waals surface area contributed by atoms with Gasteiger partial charge in [-0.25, -0.2) is 9.97 Å². The van der Waals surface area contributed by atoms with Crippen LogP contribution in [0.1, 0.15) is 11.1 Å². The largest absolute Gasteiger partial charge is 0.496 e. The molecule has 0 spiro atoms. The van der Waals surface area contributed by atoms with E-state index in [1.54, 1.807) is 39.7 Å². The summed E-state index contributed by atoms with van der Waals surface area (Å²) in [5.41, 5.74) is 4.37. The second kappa shape index (κ2) is 10.8. The number of methoxy groups -OCH3 is 3. The Morgan fingerprint density at radius 3 is 2.49 bits per heavy atom. The van der Waals surface area contributed by atoms with Crippen molar-refractivity contribution in [2.24, 2.45) is 0 Å². The standard InChI is InChI=1S/C28H27ClN4O4/c1-7-24(34)31-19-10-8-9-15(2)27(19)33-23-12-18-17(14-30-23)11-20(32-28(18)37-6)25-16(3)21(35-4)13-22(36-5)26(25)29/h7-14H,1H2,2-6H3,(H,30,33)(H,31,34). The molecule has 0 unspecified atom stereocenters. The average Bonchev–Trinajstić information content (AvgIpc) is 2.90. The molecule has 4 aromatic rings. The Morgan fingerprint density at radius 2 is 1.81 bits per heavy atom. The van der Waals surface area contributed by atoms with Crippen LogP contribution in [-0.4, -0.2) is 37.2 Å². The quantitative estimate of drug-likeness (QED) is 0.258. The molecule has 2 aromatic carbocycles. The second-order valence-corrected chi connectivity index (χ2v) is 8.60. The molecule has 190 valence electrons. The number of anilines is 3. The summed E-state index contributed by atoms with van der Waals surface area (Å²) in [6.45, 7) is 7.37. The molecule has 2 N–H and O–H groups in total. The normalized spacial score (nSPS) is 10.6. The van der Waals surface area contributed by atoms with Gasteiger partial charge < -0.3 is 24.8 Å². The van der Waals surface area contributed by atoms with Crippen LogP contribution >= 0.6 is 11.6 Å². The van der Waals surface area contributed by atoms with Crippen LogP contribution in [0.2, 0.25) is 5.02 Å². The molecular weight excluding hydrogens is 492 g/mol. The number of pyridine rings is 2. The van der Waals surface area contributed by atoms with Crippen LogP contribution in [0.4, 0.5) is 17.2 Å². The Labute approximate surface area is 220 Å². The fourth-order valence-corrected chi connectivity index (χ4v) is 4.45. The number of para-hydroxylation sites is 1. The molecule has 9 heteroatoms. The molecule has 0 radical (unpaired) electrons. The summed E-state index contributed by atoms with van der Waals surface area (Å²) in [6.07, 6.45) is 2.95. The molecule has 1 amide bonds. The first-order valence-electron chi connectivity index (χ1n) is 11.4. The first-order chi connectivity index (χ1) is 17.8. The molecule has 2 aromatic heterocycles. The van der Waals surface area contributed by atoms with Crippen molar-refractivity contribution in [2.75, 3.05) is 32.0 Å². The number of nitrogens with one attached hydrogen (secondary N) is 2. The fraction of sp³-hybridized carbons (Fsp3) is 0.179. The zero-order chi connectivity index (χ0) is 26.7. The van der Waals surface area contributed by atoms with E-state index < -0.39 is 0 Å². The van der Waals surface area contributed by atoms with Gasteiger partial charge in [-0.15, -0.1) is 0 Å². The minimum absolute atomic E-state index is 0.304. The van der Waals surface area contributed by atoms with E-state index in [1.807, 2.05) is 38.1 Å². The first-order valence-corrected chi connectivity index (χ1v) is 11.7. The summed E-state index contributed by atoms with van der Waals surface area (Å²) >= 11 is 6.69. The second-order valence-electron chi connectivity index (χ2n) is 8.22. The van der Waals surface area contributed by atoms with Gasteiger partial charge in [-0.1, -0.05) is 30.3 Å². The summed E-state index contributed by atoms with van der Waals surface area (Å²) in [6, 6.07) is 11.1. The van der Waals surface area contributed by atoms with E-state index in [1.165, 1.54) is 6.08 Å². The average molecular weight is 519 g/mol. The number of aryl methyl sites for hydroxylation is 1. The summed E-state index contributed by atoms with van der Waals surface area (Å²) in [5, 5.41) is 8.10. The molecule has 0 atom stereocenters. The Balaban J connectivity index is 1.81. The number of hydrogen-bond acceptors (Lipinski definition) is 7. The Kier molecular flexibility index (Phi) is 7.50. The zero-order valence-electron chi connectivity index (χ0n) is 21.2. The maximum Gasteiger partial charge on any atom is 0.247 e. The lowest BCUT2D eigenvalue weighted by atomic mass is 10.0. The van der Waals surface area contributed by atoms with Gasteiger partial charge in [-0.2, -0.15) is 0 Å². The summed E-state index contributed by atoms with van der Waals surface area (Å²) in [4.78, 5) is 21.3. The van der Waals surface area contributed by atoms with Crippen molar-refractivity contribution < 1.29 is 19.0 Å². The van der Waals surface area contributed by atoms with Crippen molar-refractivity contribution in [3.63, 3.8) is 0 Å². The maximum atomic E-state index is 11.9. The lowest BCUT2D eigenvalue weighted by molar-refractivity contribution is -0.111. The molecule has 0 aliphatic heterocycles. The van der Waals surface area contributed by atoms with Crippen LogP contribution in [0.3, 0.4) is 0 Å². The number of fused-ring (bicyclic) bond motifs is 1. The van der Waals surface area contributed by atoms with E-state index in [-0.39, 0.29) is 5.91 Å². The van der Waals surface area contributed by atoms with Crippen molar-refractivity contribution in [2.45, 2.75) is 13.8 Å². The van der Waals surface area contributed by atoms with Crippen LogP contribution in [0.25, 0.3) is 22.0 Å². The van der Waals surface area contributed by atoms with Crippen molar-refractivity contribution in [3.05, 3.63) is 71.4 Å². The van der Waals surface area contributed by atoms with Crippen LogP contribution < -0.4 is 24.8 Å². The molecule has 0 aliphatic rings. The number of carbonyl (C=O) groups excluding carboxylic acids is 1. The van der Waals surface area contributed by atoms with Crippen LogP contribution in [0.15, 0.2) is 55.3 Å². The van der Waals surface area contributed by atoms with Crippen molar-refractivity contribution in [1.82, 2.24) is 9.97 Å². The Hall–Kier alpha value is -4.30. The number of rotatable bonds is 8. The van der Waals surface area contributed by atoms with Crippen LogP contribution in [0, 0.1) is 13.8 Å². The van der Waals surface area contributed by atoms with Gasteiger partial charge in [0.05, 0.1) is 43.4 Å². The van der Waals surface area contributed by atoms with Crippen LogP contribution in [-0.2, 0) is 4.79 Å². The van der Waals surface area contributed by atoms with E-state index >= 15 is 0 Å². The molecule has 4 rings (SSSR count). The van der Waals surface area contributed by atoms with E-state index in [2.05, 4.69) is 22.2 Å². The summed E-state index contributed by atoms with van der Waals surface area (Å²) < 4.78 is 16.6. The number of amides is 1. The predicted molar refractivity (Wildman–Crippen MR) is 148 cm³/mol. The molecule has 2 heterocycles. The van der Waals surface area contributed by atoms with Crippen molar-refractivity contribution in [1.29, 1.82) is 0 Å². The lowest BCUT2D eigenvalue weighted by Crippen LogP contribution is -2.10. The van der Waals surface area contributed by atoms with Gasteiger partial charge in [0, 0.05) is 34.2 Å². The monoisotopic (exact) mass is 518 g/mol. The molecule has 0 bridgehead atoms. The highest BCUT2D eigenvalue weighted by atomic mass is 35.5. The third-order valence-corrected chi connectivity index (χ3v) is 6.36. The minimum Gasteiger partial charge on any atom is -0.496 e. The van der Waals surface area contributed by atoms with Gasteiger partial charge in [0.15, 0.2) is 0 Å². The maximum absolute atomic E-state index is 11.9. The van der Waals surface area contributed by atoms with Crippen LogP contribution in [0.5, 0.6) is 17.4 Å². The lowest BCUT2D eigenvalue weighted by Gasteiger charge is -2.17. The number of aromatic nitrogens is 2. The topological polar surface area (TPSA) is 94.6 Å². The van der Waals surface area contributed by atoms with E-state index in [0.717, 1.165) is 27.6 Å². The summed E-state index contributed by atoms with van der Waals surface area (Å²) in [7, 11) is 4.70. The fourth-order valence-electron chi connectivity index (χ4n) is 4.08. The van der Waals surface area contributed by atoms with Gasteiger partial charge in [0.2, 0.25) is 11.8 Å². The molecule has 0 aliphatic carbocycles. The van der Waals surface area contributed by atoms with E-state index in [0.29, 0.717) is 45.2 Å². The predicted octanol–water partition coefficient (Wildman–Crippen LogP) is 6.46. The third kappa shape index (κ3) is 5.01. The van der Waals surface area contributed by atoms with Gasteiger partial charge >= 0.3 is 0 Å². The van der Waals surface area contributed by atoms with Gasteiger partial charge in [0.25, 0.3) is 0 Å². The zero-order valence-corrected chi connectivity index (χ0v) is 22.0. The Morgan fingerprint density at radius 1 is 1.05 bits per heavy atom. The highest BCUT2D eigenvalue weighted by molar-refractivity contribution is 6.35. The van der Waals surface area contributed by atoms with Gasteiger partial charge in [0.1, 0.15) is 17.3 Å². The number of hydrogen-bond donors (Lipinski definition) is 2.